The Kier molecular flexibility index (Phi) is 5.38. The number of aromatic nitrogens is 2. The summed E-state index contributed by atoms with van der Waals surface area (Å²) in [6.45, 7) is 3.98. The molecule has 0 bridgehead atoms. The molecule has 2 aromatic rings. The molecule has 160 valence electrons. The van der Waals surface area contributed by atoms with Crippen molar-refractivity contribution in [2.75, 3.05) is 38.1 Å². The Morgan fingerprint density at radius 3 is 3.00 bits per heavy atom. The number of furan rings is 1. The average Bonchev–Trinajstić information content (AvgIpc) is 3.28. The van der Waals surface area contributed by atoms with Crippen molar-refractivity contribution in [2.24, 2.45) is 5.92 Å². The molecule has 31 heavy (non-hydrogen) atoms. The SMILES string of the molecule is CN1CCCN(c2cncc(-c3ccc(C=C4C(=O)NC5=CC=C(Cl)CC54)o3)n2)CC1. The zero-order valence-electron chi connectivity index (χ0n) is 17.3. The van der Waals surface area contributed by atoms with Gasteiger partial charge in [-0.05, 0) is 56.8 Å². The molecule has 1 amide bonds. The molecule has 5 rings (SSSR count). The van der Waals surface area contributed by atoms with E-state index in [-0.39, 0.29) is 11.8 Å². The van der Waals surface area contributed by atoms with Gasteiger partial charge in [0, 0.05) is 41.9 Å². The van der Waals surface area contributed by atoms with Crippen molar-refractivity contribution in [2.45, 2.75) is 12.8 Å². The average molecular weight is 438 g/mol. The molecule has 4 heterocycles. The highest BCUT2D eigenvalue weighted by Gasteiger charge is 2.34. The summed E-state index contributed by atoms with van der Waals surface area (Å²) in [6, 6.07) is 3.72. The van der Waals surface area contributed by atoms with E-state index in [1.807, 2.05) is 24.3 Å². The molecule has 2 aliphatic heterocycles. The van der Waals surface area contributed by atoms with Gasteiger partial charge < -0.3 is 19.5 Å². The molecule has 0 aromatic carbocycles. The number of halogens is 1. The first-order valence-corrected chi connectivity index (χ1v) is 10.9. The van der Waals surface area contributed by atoms with E-state index in [2.05, 4.69) is 27.1 Å². The second kappa shape index (κ2) is 8.32. The third-order valence-corrected chi connectivity index (χ3v) is 6.24. The molecular formula is C23H24ClN5O2. The van der Waals surface area contributed by atoms with Crippen LogP contribution in [0.25, 0.3) is 17.5 Å². The van der Waals surface area contributed by atoms with Crippen LogP contribution in [-0.2, 0) is 4.79 Å². The van der Waals surface area contributed by atoms with Gasteiger partial charge in [-0.2, -0.15) is 0 Å². The second-order valence-electron chi connectivity index (χ2n) is 8.15. The fraction of sp³-hybridized carbons (Fsp3) is 0.348. The number of amides is 1. The number of allylic oxidation sites excluding steroid dienone is 4. The minimum atomic E-state index is -0.109. The van der Waals surface area contributed by atoms with Crippen LogP contribution in [0.2, 0.25) is 0 Å². The number of anilines is 1. The zero-order valence-corrected chi connectivity index (χ0v) is 18.1. The summed E-state index contributed by atoms with van der Waals surface area (Å²) in [5.41, 5.74) is 2.22. The maximum absolute atomic E-state index is 12.4. The highest BCUT2D eigenvalue weighted by Crippen LogP contribution is 2.37. The number of carbonyl (C=O) groups excluding carboxylic acids is 1. The summed E-state index contributed by atoms with van der Waals surface area (Å²) in [7, 11) is 2.14. The van der Waals surface area contributed by atoms with Gasteiger partial charge in [0.05, 0.1) is 12.4 Å². The lowest BCUT2D eigenvalue weighted by molar-refractivity contribution is -0.115. The standard InChI is InChI=1S/C23H24ClN5O2/c1-28-7-2-8-29(10-9-28)22-14-25-13-20(26-22)21-6-4-16(31-21)12-18-17-11-15(24)3-5-19(17)27-23(18)30/h3-6,12-14,17H,2,7-11H2,1H3,(H,27,30). The molecule has 1 aliphatic carbocycles. The summed E-state index contributed by atoms with van der Waals surface area (Å²) in [6.07, 6.45) is 10.7. The number of hydrogen-bond donors (Lipinski definition) is 1. The minimum absolute atomic E-state index is 0.0529. The van der Waals surface area contributed by atoms with E-state index in [1.54, 1.807) is 18.5 Å². The van der Waals surface area contributed by atoms with Gasteiger partial charge in [0.15, 0.2) is 5.76 Å². The topological polar surface area (TPSA) is 74.5 Å². The summed E-state index contributed by atoms with van der Waals surface area (Å²) in [5.74, 6) is 1.93. The van der Waals surface area contributed by atoms with Crippen LogP contribution in [0.4, 0.5) is 5.82 Å². The number of hydrogen-bond acceptors (Lipinski definition) is 6. The van der Waals surface area contributed by atoms with Crippen molar-refractivity contribution >= 4 is 29.4 Å². The quantitative estimate of drug-likeness (QED) is 0.741. The number of nitrogens with one attached hydrogen (secondary N) is 1. The Bertz CT molecular complexity index is 1100. The molecule has 1 N–H and O–H groups in total. The zero-order chi connectivity index (χ0) is 21.4. The predicted octanol–water partition coefficient (Wildman–Crippen LogP) is 3.42. The van der Waals surface area contributed by atoms with Crippen molar-refractivity contribution < 1.29 is 9.21 Å². The summed E-state index contributed by atoms with van der Waals surface area (Å²) in [5, 5.41) is 3.65. The number of rotatable bonds is 3. The van der Waals surface area contributed by atoms with Gasteiger partial charge in [0.25, 0.3) is 5.91 Å². The lowest BCUT2D eigenvalue weighted by Crippen LogP contribution is -2.29. The highest BCUT2D eigenvalue weighted by molar-refractivity contribution is 6.30. The van der Waals surface area contributed by atoms with E-state index in [9.17, 15) is 4.79 Å². The first kappa shape index (κ1) is 20.0. The minimum Gasteiger partial charge on any atom is -0.455 e. The van der Waals surface area contributed by atoms with Crippen molar-refractivity contribution in [3.8, 4) is 11.5 Å². The summed E-state index contributed by atoms with van der Waals surface area (Å²) in [4.78, 5) is 26.2. The molecule has 2 aromatic heterocycles. The number of fused-ring (bicyclic) bond motifs is 1. The molecule has 1 unspecified atom stereocenters. The van der Waals surface area contributed by atoms with Crippen LogP contribution in [0.1, 0.15) is 18.6 Å². The van der Waals surface area contributed by atoms with Crippen molar-refractivity contribution in [1.29, 1.82) is 0 Å². The summed E-state index contributed by atoms with van der Waals surface area (Å²) >= 11 is 6.19. The Labute approximate surface area is 186 Å². The molecule has 7 nitrogen and oxygen atoms in total. The number of likely N-dealkylation sites (N-methyl/N-ethyl adjacent to an activating group) is 1. The van der Waals surface area contributed by atoms with Gasteiger partial charge in [-0.1, -0.05) is 11.6 Å². The lowest BCUT2D eigenvalue weighted by atomic mass is 9.92. The molecule has 8 heteroatoms. The second-order valence-corrected chi connectivity index (χ2v) is 8.64. The van der Waals surface area contributed by atoms with Gasteiger partial charge >= 0.3 is 0 Å². The van der Waals surface area contributed by atoms with Gasteiger partial charge in [0.1, 0.15) is 17.3 Å². The van der Waals surface area contributed by atoms with Crippen LogP contribution >= 0.6 is 11.6 Å². The van der Waals surface area contributed by atoms with Gasteiger partial charge in [-0.3, -0.25) is 9.78 Å². The lowest BCUT2D eigenvalue weighted by Gasteiger charge is -2.21. The molecule has 2 fully saturated rings. The molecule has 2 saturated heterocycles. The van der Waals surface area contributed by atoms with E-state index in [0.717, 1.165) is 49.1 Å². The normalized spacial score (nSPS) is 23.3. The highest BCUT2D eigenvalue weighted by atomic mass is 35.5. The van der Waals surface area contributed by atoms with Gasteiger partial charge in [-0.15, -0.1) is 0 Å². The Hall–Kier alpha value is -2.90. The third kappa shape index (κ3) is 4.16. The monoisotopic (exact) mass is 437 g/mol. The van der Waals surface area contributed by atoms with Crippen molar-refractivity contribution in [3.63, 3.8) is 0 Å². The van der Waals surface area contributed by atoms with Crippen LogP contribution in [-0.4, -0.2) is 54.0 Å². The molecule has 0 spiro atoms. The van der Waals surface area contributed by atoms with Crippen LogP contribution < -0.4 is 10.2 Å². The van der Waals surface area contributed by atoms with Crippen LogP contribution in [0.3, 0.4) is 0 Å². The van der Waals surface area contributed by atoms with E-state index < -0.39 is 0 Å². The maximum atomic E-state index is 12.4. The first-order valence-electron chi connectivity index (χ1n) is 10.5. The Morgan fingerprint density at radius 2 is 2.10 bits per heavy atom. The summed E-state index contributed by atoms with van der Waals surface area (Å²) < 4.78 is 6.02. The molecule has 3 aliphatic rings. The van der Waals surface area contributed by atoms with E-state index >= 15 is 0 Å². The number of nitrogens with zero attached hydrogens (tertiary/aromatic N) is 4. The molecule has 0 saturated carbocycles. The van der Waals surface area contributed by atoms with Crippen LogP contribution in [0, 0.1) is 5.92 Å². The fourth-order valence-corrected chi connectivity index (χ4v) is 4.44. The largest absolute Gasteiger partial charge is 0.455 e. The van der Waals surface area contributed by atoms with Gasteiger partial charge in [-0.25, -0.2) is 4.98 Å². The third-order valence-electron chi connectivity index (χ3n) is 5.96. The number of carbonyl (C=O) groups is 1. The van der Waals surface area contributed by atoms with Crippen molar-refractivity contribution in [3.05, 3.63) is 58.7 Å². The van der Waals surface area contributed by atoms with Crippen molar-refractivity contribution in [1.82, 2.24) is 20.2 Å². The smallest absolute Gasteiger partial charge is 0.252 e. The van der Waals surface area contributed by atoms with E-state index in [1.165, 1.54) is 0 Å². The molecule has 1 atom stereocenters. The fourth-order valence-electron chi connectivity index (χ4n) is 4.23. The molecular weight excluding hydrogens is 414 g/mol. The van der Waals surface area contributed by atoms with Crippen LogP contribution in [0.5, 0.6) is 0 Å². The maximum Gasteiger partial charge on any atom is 0.252 e. The van der Waals surface area contributed by atoms with Gasteiger partial charge in [0.2, 0.25) is 0 Å². The Morgan fingerprint density at radius 1 is 1.19 bits per heavy atom. The Balaban J connectivity index is 1.38. The first-order chi connectivity index (χ1) is 15.1. The van der Waals surface area contributed by atoms with Crippen LogP contribution in [0.15, 0.2) is 57.4 Å². The van der Waals surface area contributed by atoms with E-state index in [0.29, 0.717) is 29.2 Å². The predicted molar refractivity (Wildman–Crippen MR) is 120 cm³/mol. The molecule has 0 radical (unpaired) electrons. The van der Waals surface area contributed by atoms with E-state index in [4.69, 9.17) is 21.0 Å².